The fourth-order valence-electron chi connectivity index (χ4n) is 4.22. The molecule has 0 aliphatic heterocycles. The SMILES string of the molecule is Cc1cccc(C)c1-n1c(=N)n(C)c2cnc3ccc(-c4ccc(Cl)cc4)cc3c21. The molecule has 0 saturated carbocycles. The number of halogens is 1. The Labute approximate surface area is 179 Å². The van der Waals surface area contributed by atoms with Crippen LogP contribution in [0.15, 0.2) is 66.9 Å². The monoisotopic (exact) mass is 412 g/mol. The van der Waals surface area contributed by atoms with Gasteiger partial charge in [0.05, 0.1) is 28.4 Å². The third-order valence-corrected chi connectivity index (χ3v) is 6.03. The van der Waals surface area contributed by atoms with Gasteiger partial charge in [0.15, 0.2) is 0 Å². The molecule has 0 atom stereocenters. The van der Waals surface area contributed by atoms with E-state index in [2.05, 4.69) is 53.7 Å². The van der Waals surface area contributed by atoms with Crippen molar-refractivity contribution in [2.75, 3.05) is 0 Å². The van der Waals surface area contributed by atoms with Crippen molar-refractivity contribution >= 4 is 33.5 Å². The Morgan fingerprint density at radius 3 is 2.27 bits per heavy atom. The van der Waals surface area contributed by atoms with Crippen molar-refractivity contribution in [1.82, 2.24) is 14.1 Å². The molecular formula is C25H21ClN4. The Kier molecular flexibility index (Phi) is 4.26. The van der Waals surface area contributed by atoms with E-state index < -0.39 is 0 Å². The molecule has 0 spiro atoms. The van der Waals surface area contributed by atoms with Crippen molar-refractivity contribution in [3.05, 3.63) is 88.6 Å². The van der Waals surface area contributed by atoms with Gasteiger partial charge in [-0.05, 0) is 60.4 Å². The molecule has 4 nitrogen and oxygen atoms in total. The first-order valence-electron chi connectivity index (χ1n) is 9.83. The average molecular weight is 413 g/mol. The number of para-hydroxylation sites is 1. The maximum absolute atomic E-state index is 8.85. The number of nitrogens with one attached hydrogen (secondary N) is 1. The number of hydrogen-bond donors (Lipinski definition) is 1. The Morgan fingerprint density at radius 1 is 0.900 bits per heavy atom. The summed E-state index contributed by atoms with van der Waals surface area (Å²) in [4.78, 5) is 4.67. The molecule has 0 fully saturated rings. The van der Waals surface area contributed by atoms with E-state index in [1.54, 1.807) is 0 Å². The van der Waals surface area contributed by atoms with Gasteiger partial charge in [0, 0.05) is 17.5 Å². The van der Waals surface area contributed by atoms with Gasteiger partial charge >= 0.3 is 0 Å². The number of nitrogens with zero attached hydrogens (tertiary/aromatic N) is 3. The number of fused-ring (bicyclic) bond motifs is 3. The molecule has 0 saturated heterocycles. The van der Waals surface area contributed by atoms with Crippen LogP contribution >= 0.6 is 11.6 Å². The topological polar surface area (TPSA) is 46.6 Å². The zero-order chi connectivity index (χ0) is 21.0. The molecule has 148 valence electrons. The molecule has 30 heavy (non-hydrogen) atoms. The van der Waals surface area contributed by atoms with Crippen LogP contribution in [0.5, 0.6) is 0 Å². The van der Waals surface area contributed by atoms with E-state index in [0.717, 1.165) is 54.9 Å². The lowest BCUT2D eigenvalue weighted by Gasteiger charge is -2.13. The van der Waals surface area contributed by atoms with E-state index >= 15 is 0 Å². The molecule has 5 heteroatoms. The smallest absolute Gasteiger partial charge is 0.207 e. The van der Waals surface area contributed by atoms with E-state index in [0.29, 0.717) is 5.62 Å². The average Bonchev–Trinajstić information content (AvgIpc) is 2.99. The highest BCUT2D eigenvalue weighted by atomic mass is 35.5. The van der Waals surface area contributed by atoms with Gasteiger partial charge in [-0.15, -0.1) is 0 Å². The Hall–Kier alpha value is -3.37. The minimum Gasteiger partial charge on any atom is -0.312 e. The van der Waals surface area contributed by atoms with Crippen LogP contribution < -0.4 is 5.62 Å². The normalized spacial score (nSPS) is 11.5. The Morgan fingerprint density at radius 2 is 1.57 bits per heavy atom. The first kappa shape index (κ1) is 18.6. The highest BCUT2D eigenvalue weighted by molar-refractivity contribution is 6.30. The number of hydrogen-bond acceptors (Lipinski definition) is 2. The van der Waals surface area contributed by atoms with Crippen molar-refractivity contribution in [3.63, 3.8) is 0 Å². The summed E-state index contributed by atoms with van der Waals surface area (Å²) in [6.45, 7) is 4.19. The molecule has 0 aliphatic rings. The lowest BCUT2D eigenvalue weighted by Crippen LogP contribution is -2.22. The molecule has 5 aromatic rings. The number of rotatable bonds is 2. The summed E-state index contributed by atoms with van der Waals surface area (Å²) in [5.74, 6) is 0. The molecule has 0 aliphatic carbocycles. The summed E-state index contributed by atoms with van der Waals surface area (Å²) in [6.07, 6.45) is 1.86. The Bertz CT molecular complexity index is 1470. The summed E-state index contributed by atoms with van der Waals surface area (Å²) >= 11 is 6.07. The zero-order valence-electron chi connectivity index (χ0n) is 17.1. The third-order valence-electron chi connectivity index (χ3n) is 5.78. The number of aromatic nitrogens is 3. The van der Waals surface area contributed by atoms with Crippen molar-refractivity contribution in [3.8, 4) is 16.8 Å². The van der Waals surface area contributed by atoms with Gasteiger partial charge in [-0.1, -0.05) is 48.0 Å². The summed E-state index contributed by atoms with van der Waals surface area (Å²) in [7, 11) is 1.92. The van der Waals surface area contributed by atoms with Gasteiger partial charge in [-0.2, -0.15) is 0 Å². The van der Waals surface area contributed by atoms with Crippen LogP contribution in [0.3, 0.4) is 0 Å². The molecule has 0 bridgehead atoms. The summed E-state index contributed by atoms with van der Waals surface area (Å²) in [6, 6.07) is 20.4. The molecule has 1 N–H and O–H groups in total. The van der Waals surface area contributed by atoms with Crippen molar-refractivity contribution in [2.24, 2.45) is 7.05 Å². The second-order valence-electron chi connectivity index (χ2n) is 7.69. The quantitative estimate of drug-likeness (QED) is 0.383. The maximum atomic E-state index is 8.85. The van der Waals surface area contributed by atoms with E-state index in [-0.39, 0.29) is 0 Å². The van der Waals surface area contributed by atoms with Crippen LogP contribution in [0.4, 0.5) is 0 Å². The highest BCUT2D eigenvalue weighted by Crippen LogP contribution is 2.31. The summed E-state index contributed by atoms with van der Waals surface area (Å²) < 4.78 is 3.94. The predicted molar refractivity (Wildman–Crippen MR) is 123 cm³/mol. The number of aryl methyl sites for hydroxylation is 3. The molecule has 5 rings (SSSR count). The van der Waals surface area contributed by atoms with Gasteiger partial charge in [0.2, 0.25) is 5.62 Å². The van der Waals surface area contributed by atoms with Crippen molar-refractivity contribution in [2.45, 2.75) is 13.8 Å². The van der Waals surface area contributed by atoms with Gasteiger partial charge in [0.25, 0.3) is 0 Å². The van der Waals surface area contributed by atoms with E-state index in [1.807, 2.05) is 48.1 Å². The van der Waals surface area contributed by atoms with Crippen LogP contribution in [0, 0.1) is 19.3 Å². The van der Waals surface area contributed by atoms with Gasteiger partial charge in [-0.3, -0.25) is 15.0 Å². The van der Waals surface area contributed by atoms with Gasteiger partial charge in [0.1, 0.15) is 0 Å². The number of benzene rings is 3. The minimum atomic E-state index is 0.425. The van der Waals surface area contributed by atoms with Crippen molar-refractivity contribution < 1.29 is 0 Å². The molecule has 0 amide bonds. The van der Waals surface area contributed by atoms with E-state index in [4.69, 9.17) is 17.0 Å². The summed E-state index contributed by atoms with van der Waals surface area (Å²) in [5.41, 5.74) is 8.79. The summed E-state index contributed by atoms with van der Waals surface area (Å²) in [5, 5.41) is 10.6. The molecule has 3 aromatic carbocycles. The second-order valence-corrected chi connectivity index (χ2v) is 8.13. The first-order chi connectivity index (χ1) is 14.5. The highest BCUT2D eigenvalue weighted by Gasteiger charge is 2.17. The molecule has 2 heterocycles. The van der Waals surface area contributed by atoms with Gasteiger partial charge in [-0.25, -0.2) is 0 Å². The number of imidazole rings is 1. The first-order valence-corrected chi connectivity index (χ1v) is 10.2. The largest absolute Gasteiger partial charge is 0.312 e. The molecule has 0 unspecified atom stereocenters. The predicted octanol–water partition coefficient (Wildman–Crippen LogP) is 5.93. The standard InChI is InChI=1S/C25H21ClN4/c1-15-5-4-6-16(2)23(15)30-24-20-13-18(17-7-10-19(26)11-8-17)9-12-21(20)28-14-22(24)29(3)25(30)27/h4-14,27H,1-3H3. The lowest BCUT2D eigenvalue weighted by molar-refractivity contribution is 0.784. The van der Waals surface area contributed by atoms with Crippen LogP contribution in [0.25, 0.3) is 38.8 Å². The van der Waals surface area contributed by atoms with Crippen LogP contribution in [0.2, 0.25) is 5.02 Å². The molecular weight excluding hydrogens is 392 g/mol. The minimum absolute atomic E-state index is 0.425. The third kappa shape index (κ3) is 2.76. The van der Waals surface area contributed by atoms with E-state index in [1.165, 1.54) is 0 Å². The zero-order valence-corrected chi connectivity index (χ0v) is 17.8. The van der Waals surface area contributed by atoms with E-state index in [9.17, 15) is 0 Å². The van der Waals surface area contributed by atoms with Crippen LogP contribution in [0.1, 0.15) is 11.1 Å². The fourth-order valence-corrected chi connectivity index (χ4v) is 4.34. The van der Waals surface area contributed by atoms with Gasteiger partial charge < -0.3 is 4.57 Å². The fraction of sp³-hybridized carbons (Fsp3) is 0.120. The molecule has 2 aromatic heterocycles. The Balaban J connectivity index is 1.91. The number of pyridine rings is 1. The second kappa shape index (κ2) is 6.85. The van der Waals surface area contributed by atoms with Crippen LogP contribution in [-0.2, 0) is 7.05 Å². The maximum Gasteiger partial charge on any atom is 0.207 e. The van der Waals surface area contributed by atoms with Crippen LogP contribution in [-0.4, -0.2) is 14.1 Å². The van der Waals surface area contributed by atoms with Crippen molar-refractivity contribution in [1.29, 1.82) is 5.41 Å². The lowest BCUT2D eigenvalue weighted by atomic mass is 10.0. The molecule has 0 radical (unpaired) electrons.